The molecule has 0 spiro atoms. The van der Waals surface area contributed by atoms with Crippen LogP contribution in [0.15, 0.2) is 30.3 Å². The summed E-state index contributed by atoms with van der Waals surface area (Å²) < 4.78 is 42.5. The summed E-state index contributed by atoms with van der Waals surface area (Å²) in [5.74, 6) is -1.09. The van der Waals surface area contributed by atoms with Crippen LogP contribution in [0.4, 0.5) is 18.9 Å². The fourth-order valence-corrected chi connectivity index (χ4v) is 3.32. The second-order valence-electron chi connectivity index (χ2n) is 7.17. The lowest BCUT2D eigenvalue weighted by Gasteiger charge is -2.17. The predicted octanol–water partition coefficient (Wildman–Crippen LogP) is 4.05. The van der Waals surface area contributed by atoms with E-state index in [9.17, 15) is 22.8 Å². The molecule has 29 heavy (non-hydrogen) atoms. The fourth-order valence-electron chi connectivity index (χ4n) is 3.32. The highest BCUT2D eigenvalue weighted by Gasteiger charge is 2.31. The third-order valence-corrected chi connectivity index (χ3v) is 4.73. The number of benzene rings is 1. The molecule has 0 aliphatic heterocycles. The molecule has 1 heterocycles. The van der Waals surface area contributed by atoms with E-state index < -0.39 is 12.3 Å². The van der Waals surface area contributed by atoms with Gasteiger partial charge < -0.3 is 19.5 Å². The SMILES string of the molecule is Cc1cc(C(=O)N(C)CC(=O)Nc2ccc(OC(F)(F)F)cc2)c(C)n1C1CC1. The van der Waals surface area contributed by atoms with E-state index in [-0.39, 0.29) is 18.2 Å². The maximum atomic E-state index is 12.7. The molecule has 0 radical (unpaired) electrons. The van der Waals surface area contributed by atoms with Gasteiger partial charge in [0.1, 0.15) is 5.75 Å². The zero-order valence-corrected chi connectivity index (χ0v) is 16.3. The first-order valence-corrected chi connectivity index (χ1v) is 9.14. The Morgan fingerprint density at radius 1 is 1.21 bits per heavy atom. The molecule has 1 aliphatic carbocycles. The first kappa shape index (κ1) is 20.8. The highest BCUT2D eigenvalue weighted by Crippen LogP contribution is 2.38. The molecule has 2 aromatic rings. The van der Waals surface area contributed by atoms with Gasteiger partial charge in [-0.05, 0) is 57.0 Å². The zero-order chi connectivity index (χ0) is 21.3. The van der Waals surface area contributed by atoms with Gasteiger partial charge in [-0.15, -0.1) is 13.2 Å². The molecule has 1 fully saturated rings. The monoisotopic (exact) mass is 409 g/mol. The van der Waals surface area contributed by atoms with E-state index in [1.54, 1.807) is 0 Å². The van der Waals surface area contributed by atoms with Crippen molar-refractivity contribution in [1.82, 2.24) is 9.47 Å². The number of aryl methyl sites for hydroxylation is 1. The summed E-state index contributed by atoms with van der Waals surface area (Å²) in [7, 11) is 1.53. The summed E-state index contributed by atoms with van der Waals surface area (Å²) in [6.07, 6.45) is -2.56. The molecule has 0 unspecified atom stereocenters. The van der Waals surface area contributed by atoms with Gasteiger partial charge in [0.2, 0.25) is 5.91 Å². The Morgan fingerprint density at radius 3 is 2.38 bits per heavy atom. The van der Waals surface area contributed by atoms with E-state index >= 15 is 0 Å². The number of likely N-dealkylation sites (N-methyl/N-ethyl adjacent to an activating group) is 1. The summed E-state index contributed by atoms with van der Waals surface area (Å²) >= 11 is 0. The normalized spacial score (nSPS) is 13.9. The predicted molar refractivity (Wildman–Crippen MR) is 101 cm³/mol. The molecular formula is C20H22F3N3O3. The smallest absolute Gasteiger partial charge is 0.406 e. The van der Waals surface area contributed by atoms with Gasteiger partial charge in [0.15, 0.2) is 0 Å². The van der Waals surface area contributed by atoms with Crippen LogP contribution in [0.1, 0.15) is 40.6 Å². The number of anilines is 1. The Labute approximate surface area is 166 Å². The van der Waals surface area contributed by atoms with Crippen LogP contribution in [0.5, 0.6) is 5.75 Å². The molecule has 1 aromatic carbocycles. The molecule has 3 rings (SSSR count). The fraction of sp³-hybridized carbons (Fsp3) is 0.400. The average molecular weight is 409 g/mol. The molecule has 0 atom stereocenters. The molecule has 0 saturated heterocycles. The Bertz CT molecular complexity index is 916. The van der Waals surface area contributed by atoms with Crippen LogP contribution in [-0.4, -0.2) is 41.2 Å². The molecule has 1 N–H and O–H groups in total. The minimum atomic E-state index is -4.78. The Morgan fingerprint density at radius 2 is 1.83 bits per heavy atom. The van der Waals surface area contributed by atoms with Crippen molar-refractivity contribution in [2.75, 3.05) is 18.9 Å². The Hall–Kier alpha value is -2.97. The van der Waals surface area contributed by atoms with E-state index in [0.29, 0.717) is 17.3 Å². The third-order valence-electron chi connectivity index (χ3n) is 4.73. The summed E-state index contributed by atoms with van der Waals surface area (Å²) in [6.45, 7) is 3.67. The Balaban J connectivity index is 1.59. The maximum Gasteiger partial charge on any atom is 0.573 e. The highest BCUT2D eigenvalue weighted by molar-refractivity contribution is 6.00. The van der Waals surface area contributed by atoms with Gasteiger partial charge in [-0.1, -0.05) is 0 Å². The number of rotatable bonds is 6. The summed E-state index contributed by atoms with van der Waals surface area (Å²) in [6, 6.07) is 7.09. The van der Waals surface area contributed by atoms with Crippen molar-refractivity contribution in [1.29, 1.82) is 0 Å². The van der Waals surface area contributed by atoms with Gasteiger partial charge >= 0.3 is 6.36 Å². The number of hydrogen-bond donors (Lipinski definition) is 1. The summed E-state index contributed by atoms with van der Waals surface area (Å²) in [5.41, 5.74) is 2.78. The van der Waals surface area contributed by atoms with Crippen molar-refractivity contribution < 1.29 is 27.5 Å². The number of aromatic nitrogens is 1. The number of nitrogens with zero attached hydrogens (tertiary/aromatic N) is 2. The number of carbonyl (C=O) groups is 2. The number of alkyl halides is 3. The molecule has 6 nitrogen and oxygen atoms in total. The molecule has 1 aliphatic rings. The van der Waals surface area contributed by atoms with Crippen molar-refractivity contribution in [2.24, 2.45) is 0 Å². The number of halogens is 3. The van der Waals surface area contributed by atoms with Crippen LogP contribution in [0.2, 0.25) is 0 Å². The number of carbonyl (C=O) groups excluding carboxylic acids is 2. The van der Waals surface area contributed by atoms with Gasteiger partial charge in [-0.3, -0.25) is 9.59 Å². The van der Waals surface area contributed by atoms with Gasteiger partial charge in [0.25, 0.3) is 5.91 Å². The van der Waals surface area contributed by atoms with Crippen molar-refractivity contribution >= 4 is 17.5 Å². The van der Waals surface area contributed by atoms with E-state index in [1.165, 1.54) is 24.1 Å². The van der Waals surface area contributed by atoms with Crippen LogP contribution in [0.25, 0.3) is 0 Å². The third kappa shape index (κ3) is 5.10. The van der Waals surface area contributed by atoms with Crippen molar-refractivity contribution in [3.05, 3.63) is 47.3 Å². The van der Waals surface area contributed by atoms with Crippen LogP contribution in [0, 0.1) is 13.8 Å². The van der Waals surface area contributed by atoms with E-state index in [0.717, 1.165) is 36.4 Å². The van der Waals surface area contributed by atoms with Crippen LogP contribution < -0.4 is 10.1 Å². The first-order valence-electron chi connectivity index (χ1n) is 9.14. The van der Waals surface area contributed by atoms with Crippen LogP contribution >= 0.6 is 0 Å². The molecular weight excluding hydrogens is 387 g/mol. The minimum Gasteiger partial charge on any atom is -0.406 e. The van der Waals surface area contributed by atoms with E-state index in [4.69, 9.17) is 0 Å². The van der Waals surface area contributed by atoms with Gasteiger partial charge in [0, 0.05) is 30.2 Å². The van der Waals surface area contributed by atoms with Gasteiger partial charge in [0.05, 0.1) is 12.1 Å². The molecule has 9 heteroatoms. The topological polar surface area (TPSA) is 63.6 Å². The molecule has 156 valence electrons. The largest absolute Gasteiger partial charge is 0.573 e. The highest BCUT2D eigenvalue weighted by atomic mass is 19.4. The van der Waals surface area contributed by atoms with Crippen LogP contribution in [0.3, 0.4) is 0 Å². The van der Waals surface area contributed by atoms with Crippen molar-refractivity contribution in [3.8, 4) is 5.75 Å². The molecule has 2 amide bonds. The zero-order valence-electron chi connectivity index (χ0n) is 16.3. The number of ether oxygens (including phenoxy) is 1. The van der Waals surface area contributed by atoms with Gasteiger partial charge in [-0.25, -0.2) is 0 Å². The van der Waals surface area contributed by atoms with E-state index in [2.05, 4.69) is 14.6 Å². The second-order valence-corrected chi connectivity index (χ2v) is 7.17. The Kier molecular flexibility index (Phi) is 5.59. The number of hydrogen-bond acceptors (Lipinski definition) is 3. The molecule has 0 bridgehead atoms. The van der Waals surface area contributed by atoms with Crippen molar-refractivity contribution in [3.63, 3.8) is 0 Å². The maximum absolute atomic E-state index is 12.7. The number of nitrogens with one attached hydrogen (secondary N) is 1. The lowest BCUT2D eigenvalue weighted by atomic mass is 10.2. The second kappa shape index (κ2) is 7.81. The first-order chi connectivity index (χ1) is 13.5. The van der Waals surface area contributed by atoms with Crippen molar-refractivity contribution in [2.45, 2.75) is 39.1 Å². The standard InChI is InChI=1S/C20H22F3N3O3/c1-12-10-17(13(2)26(12)15-6-7-15)19(28)25(3)11-18(27)24-14-4-8-16(9-5-14)29-20(21,22)23/h4-5,8-10,15H,6-7,11H2,1-3H3,(H,24,27). The average Bonchev–Trinajstić information content (AvgIpc) is 3.39. The lowest BCUT2D eigenvalue weighted by Crippen LogP contribution is -2.35. The summed E-state index contributed by atoms with van der Waals surface area (Å²) in [5, 5.41) is 2.55. The number of amides is 2. The van der Waals surface area contributed by atoms with Crippen LogP contribution in [-0.2, 0) is 4.79 Å². The minimum absolute atomic E-state index is 0.188. The van der Waals surface area contributed by atoms with Gasteiger partial charge in [-0.2, -0.15) is 0 Å². The molecule has 1 aromatic heterocycles. The quantitative estimate of drug-likeness (QED) is 0.783. The lowest BCUT2D eigenvalue weighted by molar-refractivity contribution is -0.274. The van der Waals surface area contributed by atoms with E-state index in [1.807, 2.05) is 19.9 Å². The summed E-state index contributed by atoms with van der Waals surface area (Å²) in [4.78, 5) is 26.3. The molecule has 1 saturated carbocycles.